The molecule has 0 aliphatic heterocycles. The van der Waals surface area contributed by atoms with Crippen LogP contribution in [0.1, 0.15) is 32.6 Å². The Labute approximate surface area is 77.9 Å². The molecule has 10 heavy (non-hydrogen) atoms. The highest BCUT2D eigenvalue weighted by Gasteiger charge is 2.05. The SMILES string of the molecule is CCCCCCP(=S)(Cl)Cl. The second-order valence-corrected chi connectivity index (χ2v) is 11.0. The van der Waals surface area contributed by atoms with Crippen molar-refractivity contribution in [3.8, 4) is 0 Å². The van der Waals surface area contributed by atoms with Crippen molar-refractivity contribution >= 4 is 39.0 Å². The maximum Gasteiger partial charge on any atom is 0.120 e. The van der Waals surface area contributed by atoms with Crippen LogP contribution in [-0.2, 0) is 11.8 Å². The van der Waals surface area contributed by atoms with E-state index in [1.54, 1.807) is 0 Å². The molecule has 4 heteroatoms. The summed E-state index contributed by atoms with van der Waals surface area (Å²) in [6.07, 6.45) is 5.66. The third-order valence-corrected chi connectivity index (χ3v) is 3.67. The van der Waals surface area contributed by atoms with Gasteiger partial charge in [-0.05, 0) is 6.42 Å². The first kappa shape index (κ1) is 11.2. The van der Waals surface area contributed by atoms with Crippen LogP contribution in [0.25, 0.3) is 0 Å². The molecule has 0 aliphatic carbocycles. The van der Waals surface area contributed by atoms with Crippen LogP contribution in [0.4, 0.5) is 0 Å². The lowest BCUT2D eigenvalue weighted by Crippen LogP contribution is -1.79. The van der Waals surface area contributed by atoms with Crippen molar-refractivity contribution in [1.82, 2.24) is 0 Å². The summed E-state index contributed by atoms with van der Waals surface area (Å²) in [6, 6.07) is 0. The average Bonchev–Trinajstić information content (AvgIpc) is 1.78. The zero-order chi connectivity index (χ0) is 8.04. The fourth-order valence-corrected chi connectivity index (χ4v) is 2.42. The van der Waals surface area contributed by atoms with Gasteiger partial charge in [0.05, 0.1) is 0 Å². The molecule has 0 unspecified atom stereocenters. The second kappa shape index (κ2) is 5.83. The van der Waals surface area contributed by atoms with E-state index in [1.807, 2.05) is 0 Å². The molecule has 0 N–H and O–H groups in total. The van der Waals surface area contributed by atoms with E-state index in [1.165, 1.54) is 19.3 Å². The van der Waals surface area contributed by atoms with Gasteiger partial charge in [-0.25, -0.2) is 0 Å². The molecule has 0 fully saturated rings. The third-order valence-electron chi connectivity index (χ3n) is 1.27. The molecule has 0 heterocycles. The topological polar surface area (TPSA) is 0 Å². The predicted molar refractivity (Wildman–Crippen MR) is 55.0 cm³/mol. The summed E-state index contributed by atoms with van der Waals surface area (Å²) in [4.78, 5) is 0. The Balaban J connectivity index is 3.13. The number of unbranched alkanes of at least 4 members (excludes halogenated alkanes) is 3. The minimum Gasteiger partial charge on any atom is -0.0684 e. The fraction of sp³-hybridized carbons (Fsp3) is 1.00. The molecule has 0 amide bonds. The van der Waals surface area contributed by atoms with Crippen molar-refractivity contribution in [2.75, 3.05) is 6.16 Å². The van der Waals surface area contributed by atoms with Gasteiger partial charge in [0.25, 0.3) is 0 Å². The number of hydrogen-bond donors (Lipinski definition) is 0. The third kappa shape index (κ3) is 9.23. The summed E-state index contributed by atoms with van der Waals surface area (Å²) in [5.41, 5.74) is 0. The van der Waals surface area contributed by atoms with Gasteiger partial charge in [0.1, 0.15) is 4.74 Å². The highest BCUT2D eigenvalue weighted by molar-refractivity contribution is 8.39. The normalized spacial score (nSPS) is 11.9. The standard InChI is InChI=1S/C6H13Cl2PS/c1-2-3-4-5-6-9(7,8)10/h2-6H2,1H3. The van der Waals surface area contributed by atoms with E-state index in [2.05, 4.69) is 6.92 Å². The van der Waals surface area contributed by atoms with Gasteiger partial charge in [-0.15, -0.1) is 0 Å². The highest BCUT2D eigenvalue weighted by atomic mass is 35.9. The molecule has 0 rings (SSSR count). The lowest BCUT2D eigenvalue weighted by atomic mass is 10.2. The first-order valence-electron chi connectivity index (χ1n) is 3.54. The lowest BCUT2D eigenvalue weighted by Gasteiger charge is -2.02. The molecule has 0 aromatic carbocycles. The van der Waals surface area contributed by atoms with Gasteiger partial charge >= 0.3 is 0 Å². The molecule has 0 atom stereocenters. The Hall–Kier alpha value is 1.23. The summed E-state index contributed by atoms with van der Waals surface area (Å²) in [6.45, 7) is 2.18. The molecule has 62 valence electrons. The van der Waals surface area contributed by atoms with Gasteiger partial charge in [-0.3, -0.25) is 0 Å². The molecule has 0 radical (unpaired) electrons. The first-order valence-corrected chi connectivity index (χ1v) is 8.34. The van der Waals surface area contributed by atoms with Crippen molar-refractivity contribution in [3.63, 3.8) is 0 Å². The zero-order valence-electron chi connectivity index (χ0n) is 6.15. The highest BCUT2D eigenvalue weighted by Crippen LogP contribution is 2.57. The van der Waals surface area contributed by atoms with Crippen LogP contribution in [0.15, 0.2) is 0 Å². The average molecular weight is 219 g/mol. The van der Waals surface area contributed by atoms with Gasteiger partial charge in [0.15, 0.2) is 0 Å². The van der Waals surface area contributed by atoms with Crippen LogP contribution in [0.5, 0.6) is 0 Å². The molecule has 0 saturated carbocycles. The van der Waals surface area contributed by atoms with Crippen molar-refractivity contribution in [1.29, 1.82) is 0 Å². The van der Waals surface area contributed by atoms with E-state index in [4.69, 9.17) is 34.3 Å². The summed E-state index contributed by atoms with van der Waals surface area (Å²) < 4.78 is -1.93. The largest absolute Gasteiger partial charge is 0.120 e. The van der Waals surface area contributed by atoms with Gasteiger partial charge in [0, 0.05) is 6.16 Å². The maximum atomic E-state index is 5.70. The van der Waals surface area contributed by atoms with E-state index in [0.717, 1.165) is 12.6 Å². The first-order chi connectivity index (χ1) is 4.56. The van der Waals surface area contributed by atoms with Crippen LogP contribution in [0.2, 0.25) is 0 Å². The van der Waals surface area contributed by atoms with E-state index >= 15 is 0 Å². The van der Waals surface area contributed by atoms with Gasteiger partial charge in [-0.1, -0.05) is 60.5 Å². The monoisotopic (exact) mass is 218 g/mol. The van der Waals surface area contributed by atoms with Crippen LogP contribution in [0.3, 0.4) is 0 Å². The van der Waals surface area contributed by atoms with Gasteiger partial charge < -0.3 is 0 Å². The van der Waals surface area contributed by atoms with E-state index in [9.17, 15) is 0 Å². The molecule has 0 nitrogen and oxygen atoms in total. The maximum absolute atomic E-state index is 5.70. The second-order valence-electron chi connectivity index (χ2n) is 2.35. The number of halogens is 2. The molecule has 0 aromatic rings. The molecule has 0 bridgehead atoms. The number of rotatable bonds is 5. The molecule has 0 spiro atoms. The minimum absolute atomic E-state index is 0.839. The number of hydrogen-bond acceptors (Lipinski definition) is 1. The quantitative estimate of drug-likeness (QED) is 0.489. The van der Waals surface area contributed by atoms with Crippen LogP contribution in [-0.4, -0.2) is 6.16 Å². The minimum atomic E-state index is -1.93. The van der Waals surface area contributed by atoms with Crippen LogP contribution in [0, 0.1) is 0 Å². The lowest BCUT2D eigenvalue weighted by molar-refractivity contribution is 0.706. The molecular weight excluding hydrogens is 206 g/mol. The van der Waals surface area contributed by atoms with Gasteiger partial charge in [-0.2, -0.15) is 0 Å². The molecule has 0 aromatic heterocycles. The molecular formula is C6H13Cl2PS. The summed E-state index contributed by atoms with van der Waals surface area (Å²) >= 11 is 16.3. The Morgan fingerprint density at radius 1 is 1.20 bits per heavy atom. The van der Waals surface area contributed by atoms with E-state index in [-0.39, 0.29) is 0 Å². The van der Waals surface area contributed by atoms with E-state index < -0.39 is 4.74 Å². The Morgan fingerprint density at radius 2 is 1.80 bits per heavy atom. The van der Waals surface area contributed by atoms with Crippen LogP contribution < -0.4 is 0 Å². The molecule has 0 saturated heterocycles. The Kier molecular flexibility index (Phi) is 6.54. The molecule has 0 aliphatic rings. The fourth-order valence-electron chi connectivity index (χ4n) is 0.723. The van der Waals surface area contributed by atoms with Crippen LogP contribution >= 0.6 is 27.2 Å². The van der Waals surface area contributed by atoms with Crippen molar-refractivity contribution < 1.29 is 0 Å². The Bertz CT molecular complexity index is 121. The smallest absolute Gasteiger partial charge is 0.0684 e. The van der Waals surface area contributed by atoms with Crippen molar-refractivity contribution in [2.24, 2.45) is 0 Å². The summed E-state index contributed by atoms with van der Waals surface area (Å²) in [5.74, 6) is 0. The van der Waals surface area contributed by atoms with Crippen molar-refractivity contribution in [3.05, 3.63) is 0 Å². The summed E-state index contributed by atoms with van der Waals surface area (Å²) in [7, 11) is 0. The Morgan fingerprint density at radius 3 is 2.20 bits per heavy atom. The van der Waals surface area contributed by atoms with Gasteiger partial charge in [0.2, 0.25) is 0 Å². The summed E-state index contributed by atoms with van der Waals surface area (Å²) in [5, 5.41) is 0. The van der Waals surface area contributed by atoms with E-state index in [0.29, 0.717) is 0 Å². The zero-order valence-corrected chi connectivity index (χ0v) is 9.37. The van der Waals surface area contributed by atoms with Crippen molar-refractivity contribution in [2.45, 2.75) is 32.6 Å². The predicted octanol–water partition coefficient (Wildman–Crippen LogP) is 4.35.